The molecule has 2 fully saturated rings. The number of aryl methyl sites for hydroxylation is 1. The fraction of sp³-hybridized carbons (Fsp3) is 0.727. The summed E-state index contributed by atoms with van der Waals surface area (Å²) in [6.07, 6.45) is 3.11. The first-order valence-corrected chi connectivity index (χ1v) is 6.36. The summed E-state index contributed by atoms with van der Waals surface area (Å²) in [6.45, 7) is 2.43. The van der Waals surface area contributed by atoms with Gasteiger partial charge in [0, 0.05) is 18.5 Å². The van der Waals surface area contributed by atoms with Crippen LogP contribution in [0.3, 0.4) is 0 Å². The summed E-state index contributed by atoms with van der Waals surface area (Å²) < 4.78 is 0. The molecule has 3 rings (SSSR count). The number of hydrogen-bond acceptors (Lipinski definition) is 5. The predicted octanol–water partition coefficient (Wildman–Crippen LogP) is 1.18. The Bertz CT molecular complexity index is 441. The summed E-state index contributed by atoms with van der Waals surface area (Å²) in [5, 5.41) is 18.3. The summed E-state index contributed by atoms with van der Waals surface area (Å²) in [7, 11) is 0. The monoisotopic (exact) mass is 254 g/mol. The van der Waals surface area contributed by atoms with Crippen molar-refractivity contribution >= 4 is 17.5 Å². The Morgan fingerprint density at radius 2 is 2.18 bits per heavy atom. The lowest BCUT2D eigenvalue weighted by Gasteiger charge is -2.22. The molecule has 17 heavy (non-hydrogen) atoms. The van der Waals surface area contributed by atoms with Gasteiger partial charge in [-0.3, -0.25) is 0 Å². The Labute approximate surface area is 105 Å². The number of rotatable bonds is 1. The molecule has 0 radical (unpaired) electrons. The summed E-state index contributed by atoms with van der Waals surface area (Å²) >= 11 is 5.82. The highest BCUT2D eigenvalue weighted by atomic mass is 35.5. The van der Waals surface area contributed by atoms with Gasteiger partial charge in [-0.2, -0.15) is 0 Å². The maximum atomic E-state index is 10.0. The third-order valence-electron chi connectivity index (χ3n) is 3.86. The van der Waals surface area contributed by atoms with Crippen molar-refractivity contribution in [1.82, 2.24) is 15.2 Å². The molecule has 0 unspecified atom stereocenters. The minimum atomic E-state index is -0.262. The lowest BCUT2D eigenvalue weighted by Crippen LogP contribution is -2.31. The van der Waals surface area contributed by atoms with E-state index in [4.69, 9.17) is 11.6 Å². The van der Waals surface area contributed by atoms with Crippen LogP contribution in [-0.4, -0.2) is 39.0 Å². The van der Waals surface area contributed by atoms with E-state index in [2.05, 4.69) is 20.1 Å². The van der Waals surface area contributed by atoms with E-state index in [1.165, 1.54) is 6.42 Å². The molecule has 2 heterocycles. The van der Waals surface area contributed by atoms with Crippen molar-refractivity contribution in [3.8, 4) is 0 Å². The zero-order chi connectivity index (χ0) is 12.0. The lowest BCUT2D eigenvalue weighted by molar-refractivity contribution is 0.144. The van der Waals surface area contributed by atoms with E-state index in [9.17, 15) is 5.11 Å². The first-order valence-electron chi connectivity index (χ1n) is 5.98. The molecule has 1 aromatic heterocycles. The van der Waals surface area contributed by atoms with Gasteiger partial charge in [-0.25, -0.2) is 4.98 Å². The van der Waals surface area contributed by atoms with Crippen LogP contribution in [0.1, 0.15) is 25.0 Å². The van der Waals surface area contributed by atoms with Crippen LogP contribution in [0.2, 0.25) is 5.15 Å². The van der Waals surface area contributed by atoms with Crippen molar-refractivity contribution in [2.45, 2.75) is 38.3 Å². The van der Waals surface area contributed by atoms with Crippen LogP contribution in [-0.2, 0) is 0 Å². The van der Waals surface area contributed by atoms with Crippen LogP contribution in [0.4, 0.5) is 5.95 Å². The van der Waals surface area contributed by atoms with Crippen LogP contribution in [0.5, 0.6) is 0 Å². The minimum Gasteiger partial charge on any atom is -0.391 e. The number of halogens is 1. The van der Waals surface area contributed by atoms with Crippen LogP contribution >= 0.6 is 11.6 Å². The average molecular weight is 255 g/mol. The first kappa shape index (κ1) is 11.2. The molecule has 1 N–H and O–H groups in total. The molecule has 0 amide bonds. The standard InChI is InChI=1S/C11H15ClN4O/c1-6-10(12)14-15-11(13-6)16-5-9(17)7-3-2-4-8(7)16/h7-9,17H,2-5H2,1H3/t7-,8+,9+/m0/s1. The highest BCUT2D eigenvalue weighted by Crippen LogP contribution is 2.39. The van der Waals surface area contributed by atoms with E-state index in [0.29, 0.717) is 35.3 Å². The quantitative estimate of drug-likeness (QED) is 0.816. The van der Waals surface area contributed by atoms with Gasteiger partial charge in [0.25, 0.3) is 0 Å². The Morgan fingerprint density at radius 1 is 1.35 bits per heavy atom. The number of anilines is 1. The Hall–Kier alpha value is -0.940. The van der Waals surface area contributed by atoms with E-state index in [1.54, 1.807) is 0 Å². The molecule has 1 aliphatic heterocycles. The molecule has 1 saturated carbocycles. The van der Waals surface area contributed by atoms with Crippen molar-refractivity contribution in [2.75, 3.05) is 11.4 Å². The van der Waals surface area contributed by atoms with Gasteiger partial charge in [-0.15, -0.1) is 10.2 Å². The van der Waals surface area contributed by atoms with Gasteiger partial charge in [0.2, 0.25) is 5.95 Å². The van der Waals surface area contributed by atoms with Crippen molar-refractivity contribution < 1.29 is 5.11 Å². The molecule has 5 nitrogen and oxygen atoms in total. The molecule has 2 aliphatic rings. The van der Waals surface area contributed by atoms with Crippen molar-refractivity contribution in [2.24, 2.45) is 5.92 Å². The number of aliphatic hydroxyl groups excluding tert-OH is 1. The molecule has 1 saturated heterocycles. The molecular formula is C11H15ClN4O. The number of aliphatic hydroxyl groups is 1. The fourth-order valence-corrected chi connectivity index (χ4v) is 3.09. The second-order valence-electron chi connectivity index (χ2n) is 4.87. The topological polar surface area (TPSA) is 62.1 Å². The summed E-state index contributed by atoms with van der Waals surface area (Å²) in [5.74, 6) is 0.968. The number of nitrogens with zero attached hydrogens (tertiary/aromatic N) is 4. The Balaban J connectivity index is 1.91. The van der Waals surface area contributed by atoms with Gasteiger partial charge in [0.05, 0.1) is 11.8 Å². The van der Waals surface area contributed by atoms with Crippen LogP contribution < -0.4 is 4.90 Å². The zero-order valence-corrected chi connectivity index (χ0v) is 10.4. The van der Waals surface area contributed by atoms with Gasteiger partial charge in [-0.1, -0.05) is 18.0 Å². The van der Waals surface area contributed by atoms with E-state index in [-0.39, 0.29) is 6.10 Å². The fourth-order valence-electron chi connectivity index (χ4n) is 3.01. The highest BCUT2D eigenvalue weighted by molar-refractivity contribution is 6.29. The Kier molecular flexibility index (Phi) is 2.67. The molecule has 0 bridgehead atoms. The second kappa shape index (κ2) is 4.07. The number of fused-ring (bicyclic) bond motifs is 1. The van der Waals surface area contributed by atoms with Crippen molar-refractivity contribution in [3.63, 3.8) is 0 Å². The second-order valence-corrected chi connectivity index (χ2v) is 5.23. The molecule has 3 atom stereocenters. The van der Waals surface area contributed by atoms with Crippen LogP contribution in [0.25, 0.3) is 0 Å². The summed E-state index contributed by atoms with van der Waals surface area (Å²) in [6, 6.07) is 0.368. The van der Waals surface area contributed by atoms with Gasteiger partial charge < -0.3 is 10.0 Å². The predicted molar refractivity (Wildman–Crippen MR) is 64.1 cm³/mol. The minimum absolute atomic E-state index is 0.262. The van der Waals surface area contributed by atoms with Gasteiger partial charge in [-0.05, 0) is 19.8 Å². The largest absolute Gasteiger partial charge is 0.391 e. The molecular weight excluding hydrogens is 240 g/mol. The first-order chi connectivity index (χ1) is 8.16. The SMILES string of the molecule is Cc1nc(N2C[C@@H](O)[C@H]3CCC[C@H]32)nnc1Cl. The van der Waals surface area contributed by atoms with E-state index in [1.807, 2.05) is 6.92 Å². The van der Waals surface area contributed by atoms with E-state index in [0.717, 1.165) is 12.8 Å². The molecule has 92 valence electrons. The normalized spacial score (nSPS) is 31.9. The summed E-state index contributed by atoms with van der Waals surface area (Å²) in [5.41, 5.74) is 0.688. The van der Waals surface area contributed by atoms with Crippen molar-refractivity contribution in [3.05, 3.63) is 10.8 Å². The zero-order valence-electron chi connectivity index (χ0n) is 9.67. The maximum absolute atomic E-state index is 10.0. The average Bonchev–Trinajstić information content (AvgIpc) is 2.87. The summed E-state index contributed by atoms with van der Waals surface area (Å²) in [4.78, 5) is 6.44. The van der Waals surface area contributed by atoms with Crippen molar-refractivity contribution in [1.29, 1.82) is 0 Å². The van der Waals surface area contributed by atoms with Crippen LogP contribution in [0.15, 0.2) is 0 Å². The third kappa shape index (κ3) is 1.77. The van der Waals surface area contributed by atoms with E-state index >= 15 is 0 Å². The van der Waals surface area contributed by atoms with Crippen LogP contribution in [0, 0.1) is 12.8 Å². The maximum Gasteiger partial charge on any atom is 0.246 e. The molecule has 1 aromatic rings. The molecule has 6 heteroatoms. The van der Waals surface area contributed by atoms with Gasteiger partial charge >= 0.3 is 0 Å². The number of β-amino-alcohol motifs (C(OH)–C–C–N with tert-alkyl or cyclic N) is 1. The third-order valence-corrected chi connectivity index (χ3v) is 4.21. The number of aromatic nitrogens is 3. The smallest absolute Gasteiger partial charge is 0.246 e. The molecule has 0 spiro atoms. The molecule has 1 aliphatic carbocycles. The lowest BCUT2D eigenvalue weighted by atomic mass is 10.0. The van der Waals surface area contributed by atoms with Gasteiger partial charge in [0.15, 0.2) is 5.15 Å². The Morgan fingerprint density at radius 3 is 2.94 bits per heavy atom. The van der Waals surface area contributed by atoms with Gasteiger partial charge in [0.1, 0.15) is 0 Å². The molecule has 0 aromatic carbocycles. The number of hydrogen-bond donors (Lipinski definition) is 1. The highest BCUT2D eigenvalue weighted by Gasteiger charge is 2.44. The van der Waals surface area contributed by atoms with E-state index < -0.39 is 0 Å².